The minimum Gasteiger partial charge on any atom is -0.337 e. The molecule has 1 aliphatic heterocycles. The standard InChI is InChI=1S/C24H25N5O2S2/c1-13(2)29-18(11-14(3)27-29)22(31)26-24-21(23-25-17-7-5-6-8-19(17)32-23)16-9-10-28(15(4)30)12-20(16)33-24/h5-8,11,13H,9-10,12H2,1-4H3,(H,26,31). The van der Waals surface area contributed by atoms with Crippen LogP contribution in [-0.2, 0) is 17.8 Å². The Labute approximate surface area is 200 Å². The van der Waals surface area contributed by atoms with E-state index in [-0.39, 0.29) is 17.9 Å². The number of thiazole rings is 1. The number of nitrogens with zero attached hydrogens (tertiary/aromatic N) is 4. The largest absolute Gasteiger partial charge is 0.337 e. The van der Waals surface area contributed by atoms with Crippen LogP contribution in [0.1, 0.15) is 53.4 Å². The van der Waals surface area contributed by atoms with Gasteiger partial charge in [-0.3, -0.25) is 14.3 Å². The Bertz CT molecular complexity index is 1350. The van der Waals surface area contributed by atoms with Gasteiger partial charge in [-0.2, -0.15) is 5.10 Å². The van der Waals surface area contributed by atoms with Gasteiger partial charge in [-0.05, 0) is 51.0 Å². The predicted molar refractivity (Wildman–Crippen MR) is 133 cm³/mol. The smallest absolute Gasteiger partial charge is 0.274 e. The number of hydrogen-bond donors (Lipinski definition) is 1. The number of rotatable bonds is 4. The molecule has 7 nitrogen and oxygen atoms in total. The molecule has 0 spiro atoms. The Hall–Kier alpha value is -3.04. The number of benzene rings is 1. The first kappa shape index (κ1) is 21.8. The Morgan fingerprint density at radius 2 is 1.97 bits per heavy atom. The lowest BCUT2D eigenvalue weighted by Gasteiger charge is -2.26. The summed E-state index contributed by atoms with van der Waals surface area (Å²) in [6.07, 6.45) is 0.746. The molecule has 3 aromatic heterocycles. The van der Waals surface area contributed by atoms with E-state index in [2.05, 4.69) is 16.5 Å². The quantitative estimate of drug-likeness (QED) is 0.433. The van der Waals surface area contributed by atoms with Crippen LogP contribution >= 0.6 is 22.7 Å². The van der Waals surface area contributed by atoms with Crippen molar-refractivity contribution < 1.29 is 9.59 Å². The first-order valence-corrected chi connectivity index (χ1v) is 12.6. The van der Waals surface area contributed by atoms with Gasteiger partial charge in [0.05, 0.1) is 22.5 Å². The van der Waals surface area contributed by atoms with E-state index in [0.717, 1.165) is 42.8 Å². The van der Waals surface area contributed by atoms with Crippen molar-refractivity contribution in [2.75, 3.05) is 11.9 Å². The van der Waals surface area contributed by atoms with Crippen molar-refractivity contribution in [2.24, 2.45) is 0 Å². The molecule has 4 aromatic rings. The highest BCUT2D eigenvalue weighted by Gasteiger charge is 2.29. The maximum Gasteiger partial charge on any atom is 0.274 e. The third-order valence-corrected chi connectivity index (χ3v) is 8.00. The van der Waals surface area contributed by atoms with Gasteiger partial charge in [0.15, 0.2) is 0 Å². The van der Waals surface area contributed by atoms with Crippen LogP contribution in [0, 0.1) is 6.92 Å². The van der Waals surface area contributed by atoms with Gasteiger partial charge < -0.3 is 10.2 Å². The van der Waals surface area contributed by atoms with Crippen LogP contribution in [-0.4, -0.2) is 38.0 Å². The van der Waals surface area contributed by atoms with Crippen LogP contribution < -0.4 is 5.32 Å². The molecule has 0 fully saturated rings. The first-order valence-electron chi connectivity index (χ1n) is 10.9. The Balaban J connectivity index is 1.59. The molecule has 0 saturated heterocycles. The van der Waals surface area contributed by atoms with Crippen LogP contribution in [0.4, 0.5) is 5.00 Å². The van der Waals surface area contributed by atoms with E-state index in [0.29, 0.717) is 18.8 Å². The van der Waals surface area contributed by atoms with Gasteiger partial charge in [0.25, 0.3) is 5.91 Å². The fraction of sp³-hybridized carbons (Fsp3) is 0.333. The molecule has 33 heavy (non-hydrogen) atoms. The highest BCUT2D eigenvalue weighted by atomic mass is 32.1. The number of aromatic nitrogens is 3. The molecular weight excluding hydrogens is 454 g/mol. The van der Waals surface area contributed by atoms with Crippen molar-refractivity contribution in [1.29, 1.82) is 0 Å². The molecule has 4 heterocycles. The number of para-hydroxylation sites is 1. The van der Waals surface area contributed by atoms with Gasteiger partial charge in [-0.1, -0.05) is 12.1 Å². The molecule has 1 N–H and O–H groups in total. The lowest BCUT2D eigenvalue weighted by atomic mass is 10.0. The maximum atomic E-state index is 13.3. The van der Waals surface area contributed by atoms with Crippen LogP contribution in [0.2, 0.25) is 0 Å². The van der Waals surface area contributed by atoms with E-state index in [1.807, 2.05) is 49.9 Å². The van der Waals surface area contributed by atoms with Crippen LogP contribution in [0.3, 0.4) is 0 Å². The Kier molecular flexibility index (Phi) is 5.54. The summed E-state index contributed by atoms with van der Waals surface area (Å²) in [6, 6.07) is 9.96. The highest BCUT2D eigenvalue weighted by Crippen LogP contribution is 2.45. The van der Waals surface area contributed by atoms with E-state index in [1.165, 1.54) is 5.56 Å². The predicted octanol–water partition coefficient (Wildman–Crippen LogP) is 5.27. The van der Waals surface area contributed by atoms with Crippen molar-refractivity contribution in [1.82, 2.24) is 19.7 Å². The van der Waals surface area contributed by atoms with Gasteiger partial charge in [0, 0.05) is 30.0 Å². The average molecular weight is 480 g/mol. The van der Waals surface area contributed by atoms with Gasteiger partial charge in [0.1, 0.15) is 15.7 Å². The van der Waals surface area contributed by atoms with E-state index in [9.17, 15) is 9.59 Å². The zero-order valence-electron chi connectivity index (χ0n) is 19.0. The van der Waals surface area contributed by atoms with Crippen molar-refractivity contribution in [2.45, 2.75) is 46.7 Å². The lowest BCUT2D eigenvalue weighted by molar-refractivity contribution is -0.129. The van der Waals surface area contributed by atoms with Crippen molar-refractivity contribution in [3.05, 3.63) is 52.2 Å². The van der Waals surface area contributed by atoms with Crippen molar-refractivity contribution in [3.63, 3.8) is 0 Å². The third-order valence-electron chi connectivity index (χ3n) is 5.82. The summed E-state index contributed by atoms with van der Waals surface area (Å²) in [5, 5.41) is 9.32. The molecule has 0 unspecified atom stereocenters. The van der Waals surface area contributed by atoms with Gasteiger partial charge in [-0.25, -0.2) is 4.98 Å². The minimum absolute atomic E-state index is 0.0671. The summed E-state index contributed by atoms with van der Waals surface area (Å²) < 4.78 is 2.87. The maximum absolute atomic E-state index is 13.3. The average Bonchev–Trinajstić information content (AvgIpc) is 3.46. The topological polar surface area (TPSA) is 80.1 Å². The minimum atomic E-state index is -0.186. The number of amides is 2. The number of fused-ring (bicyclic) bond motifs is 2. The molecule has 0 bridgehead atoms. The number of hydrogen-bond acceptors (Lipinski definition) is 6. The fourth-order valence-electron chi connectivity index (χ4n) is 4.21. The second kappa shape index (κ2) is 8.39. The third kappa shape index (κ3) is 3.95. The second-order valence-corrected chi connectivity index (χ2v) is 10.7. The van der Waals surface area contributed by atoms with Crippen molar-refractivity contribution in [3.8, 4) is 10.6 Å². The molecule has 0 atom stereocenters. The molecule has 0 saturated carbocycles. The highest BCUT2D eigenvalue weighted by molar-refractivity contribution is 7.23. The summed E-state index contributed by atoms with van der Waals surface area (Å²) in [6.45, 7) is 8.75. The molecular formula is C24H25N5O2S2. The number of nitrogens with one attached hydrogen (secondary N) is 1. The second-order valence-electron chi connectivity index (χ2n) is 8.55. The van der Waals surface area contributed by atoms with Gasteiger partial charge in [-0.15, -0.1) is 22.7 Å². The number of aryl methyl sites for hydroxylation is 1. The molecule has 2 amide bonds. The summed E-state index contributed by atoms with van der Waals surface area (Å²) in [5.41, 5.74) is 4.46. The molecule has 0 radical (unpaired) electrons. The number of anilines is 1. The fourth-order valence-corrected chi connectivity index (χ4v) is 6.58. The van der Waals surface area contributed by atoms with Crippen LogP contribution in [0.15, 0.2) is 30.3 Å². The van der Waals surface area contributed by atoms with Crippen molar-refractivity contribution >= 4 is 49.7 Å². The molecule has 5 rings (SSSR count). The summed E-state index contributed by atoms with van der Waals surface area (Å²) in [5.74, 6) is -0.119. The Morgan fingerprint density at radius 1 is 1.18 bits per heavy atom. The lowest BCUT2D eigenvalue weighted by Crippen LogP contribution is -2.33. The number of carbonyl (C=O) groups is 2. The van der Waals surface area contributed by atoms with E-state index in [1.54, 1.807) is 34.3 Å². The number of thiophene rings is 1. The van der Waals surface area contributed by atoms with E-state index < -0.39 is 0 Å². The molecule has 0 aliphatic carbocycles. The van der Waals surface area contributed by atoms with Crippen LogP contribution in [0.5, 0.6) is 0 Å². The normalized spacial score (nSPS) is 13.5. The molecule has 170 valence electrons. The summed E-state index contributed by atoms with van der Waals surface area (Å²) in [4.78, 5) is 33.2. The van der Waals surface area contributed by atoms with E-state index >= 15 is 0 Å². The summed E-state index contributed by atoms with van der Waals surface area (Å²) >= 11 is 3.17. The zero-order chi connectivity index (χ0) is 23.3. The SMILES string of the molecule is CC(=O)N1CCc2c(sc(NC(=O)c3cc(C)nn3C(C)C)c2-c2nc3ccccc3s2)C1. The van der Waals surface area contributed by atoms with Crippen LogP contribution in [0.25, 0.3) is 20.8 Å². The van der Waals surface area contributed by atoms with E-state index in [4.69, 9.17) is 4.98 Å². The van der Waals surface area contributed by atoms with Gasteiger partial charge in [0.2, 0.25) is 5.91 Å². The molecule has 9 heteroatoms. The summed E-state index contributed by atoms with van der Waals surface area (Å²) in [7, 11) is 0. The molecule has 1 aromatic carbocycles. The monoisotopic (exact) mass is 479 g/mol. The Morgan fingerprint density at radius 3 is 2.70 bits per heavy atom. The first-order chi connectivity index (χ1) is 15.8. The zero-order valence-corrected chi connectivity index (χ0v) is 20.6. The van der Waals surface area contributed by atoms with Gasteiger partial charge >= 0.3 is 0 Å². The molecule has 1 aliphatic rings. The number of carbonyl (C=O) groups excluding carboxylic acids is 2.